The number of hydrogen-bond acceptors (Lipinski definition) is 5. The molecule has 1 aliphatic heterocycles. The van der Waals surface area contributed by atoms with Crippen LogP contribution in [-0.4, -0.2) is 37.9 Å². The molecule has 0 aliphatic carbocycles. The Bertz CT molecular complexity index is 814. The second-order valence-corrected chi connectivity index (χ2v) is 7.04. The van der Waals surface area contributed by atoms with Crippen molar-refractivity contribution in [3.8, 4) is 5.75 Å². The van der Waals surface area contributed by atoms with E-state index in [1.165, 1.54) is 24.9 Å². The van der Waals surface area contributed by atoms with E-state index in [-0.39, 0.29) is 5.91 Å². The summed E-state index contributed by atoms with van der Waals surface area (Å²) in [5, 5.41) is 6.82. The van der Waals surface area contributed by atoms with E-state index in [1.54, 1.807) is 13.1 Å². The number of benzene rings is 2. The Kier molecular flexibility index (Phi) is 7.50. The zero-order chi connectivity index (χ0) is 20.5. The van der Waals surface area contributed by atoms with Crippen molar-refractivity contribution in [3.63, 3.8) is 0 Å². The van der Waals surface area contributed by atoms with Gasteiger partial charge in [0.1, 0.15) is 5.75 Å². The van der Waals surface area contributed by atoms with Crippen LogP contribution in [-0.2, 0) is 9.63 Å². The molecule has 154 valence electrons. The van der Waals surface area contributed by atoms with E-state index in [1.807, 2.05) is 43.3 Å². The largest absolute Gasteiger partial charge is 0.493 e. The summed E-state index contributed by atoms with van der Waals surface area (Å²) in [4.78, 5) is 20.1. The lowest BCUT2D eigenvalue weighted by atomic mass is 10.1. The van der Waals surface area contributed by atoms with Crippen molar-refractivity contribution < 1.29 is 14.4 Å². The first-order valence-electron chi connectivity index (χ1n) is 10.2. The van der Waals surface area contributed by atoms with E-state index in [2.05, 4.69) is 27.5 Å². The fraction of sp³-hybridized carbons (Fsp3) is 0.391. The number of carbonyl (C=O) groups excluding carboxylic acids is 1. The van der Waals surface area contributed by atoms with Crippen LogP contribution >= 0.6 is 0 Å². The molecule has 1 fully saturated rings. The van der Waals surface area contributed by atoms with Crippen LogP contribution in [0.25, 0.3) is 0 Å². The first-order chi connectivity index (χ1) is 14.2. The number of hydrogen-bond donors (Lipinski definition) is 1. The Balaban J connectivity index is 1.51. The summed E-state index contributed by atoms with van der Waals surface area (Å²) in [5.41, 5.74) is 2.75. The molecule has 1 N–H and O–H groups in total. The van der Waals surface area contributed by atoms with Gasteiger partial charge in [-0.2, -0.15) is 0 Å². The third-order valence-electron chi connectivity index (χ3n) is 4.85. The maximum Gasteiger partial charge on any atom is 0.267 e. The van der Waals surface area contributed by atoms with E-state index in [0.717, 1.165) is 30.1 Å². The van der Waals surface area contributed by atoms with Gasteiger partial charge < -0.3 is 19.8 Å². The number of carbonyl (C=O) groups is 1. The first-order valence-corrected chi connectivity index (χ1v) is 10.2. The number of anilines is 2. The van der Waals surface area contributed by atoms with Crippen molar-refractivity contribution in [2.24, 2.45) is 5.16 Å². The first kappa shape index (κ1) is 20.7. The Morgan fingerprint density at radius 3 is 2.59 bits per heavy atom. The van der Waals surface area contributed by atoms with Gasteiger partial charge in [0.2, 0.25) is 6.10 Å². The predicted octanol–water partition coefficient (Wildman–Crippen LogP) is 4.45. The van der Waals surface area contributed by atoms with E-state index in [9.17, 15) is 4.79 Å². The third-order valence-corrected chi connectivity index (χ3v) is 4.85. The number of oxime groups is 1. The van der Waals surface area contributed by atoms with Gasteiger partial charge in [0.25, 0.3) is 5.91 Å². The molecular formula is C23H29N3O3. The molecular weight excluding hydrogens is 366 g/mol. The van der Waals surface area contributed by atoms with E-state index < -0.39 is 6.10 Å². The van der Waals surface area contributed by atoms with Crippen LogP contribution in [0.2, 0.25) is 0 Å². The van der Waals surface area contributed by atoms with Gasteiger partial charge in [-0.05, 0) is 69.5 Å². The normalized spacial score (nSPS) is 15.2. The molecule has 0 radical (unpaired) electrons. The molecule has 6 heteroatoms. The summed E-state index contributed by atoms with van der Waals surface area (Å²) < 4.78 is 5.54. The fourth-order valence-corrected chi connectivity index (χ4v) is 3.25. The smallest absolute Gasteiger partial charge is 0.267 e. The van der Waals surface area contributed by atoms with Crippen LogP contribution in [0.4, 0.5) is 11.4 Å². The van der Waals surface area contributed by atoms with Crippen LogP contribution in [0.15, 0.2) is 53.7 Å². The molecule has 0 aromatic heterocycles. The highest BCUT2D eigenvalue weighted by atomic mass is 16.6. The molecule has 0 saturated carbocycles. The van der Waals surface area contributed by atoms with Crippen molar-refractivity contribution in [1.82, 2.24) is 0 Å². The van der Waals surface area contributed by atoms with Crippen molar-refractivity contribution in [2.45, 2.75) is 39.2 Å². The second kappa shape index (κ2) is 10.5. The van der Waals surface area contributed by atoms with Gasteiger partial charge in [0, 0.05) is 30.0 Å². The summed E-state index contributed by atoms with van der Waals surface area (Å²) in [7, 11) is 0. The highest BCUT2D eigenvalue weighted by Gasteiger charge is 2.15. The van der Waals surface area contributed by atoms with Gasteiger partial charge in [0.05, 0.1) is 12.8 Å². The molecule has 1 saturated heterocycles. The van der Waals surface area contributed by atoms with Crippen LogP contribution in [0.1, 0.15) is 38.7 Å². The lowest BCUT2D eigenvalue weighted by Crippen LogP contribution is -2.29. The zero-order valence-corrected chi connectivity index (χ0v) is 17.1. The molecule has 0 bridgehead atoms. The number of amides is 1. The van der Waals surface area contributed by atoms with E-state index in [0.29, 0.717) is 6.61 Å². The second-order valence-electron chi connectivity index (χ2n) is 7.04. The minimum atomic E-state index is -0.715. The van der Waals surface area contributed by atoms with Crippen LogP contribution < -0.4 is 15.0 Å². The molecule has 1 amide bonds. The SMILES string of the molecule is CCOc1ccccc1/C=N/OC(C)C(=O)Nc1ccc(N2CCCCC2)cc1. The highest BCUT2D eigenvalue weighted by Crippen LogP contribution is 2.22. The average Bonchev–Trinajstić information content (AvgIpc) is 2.76. The number of nitrogens with zero attached hydrogens (tertiary/aromatic N) is 2. The van der Waals surface area contributed by atoms with Gasteiger partial charge in [-0.25, -0.2) is 0 Å². The standard InChI is InChI=1S/C23H29N3O3/c1-3-28-22-10-6-5-9-19(22)17-24-29-18(2)23(27)25-20-11-13-21(14-12-20)26-15-7-4-8-16-26/h5-6,9-14,17-18H,3-4,7-8,15-16H2,1-2H3,(H,25,27)/b24-17+. The monoisotopic (exact) mass is 395 g/mol. The van der Waals surface area contributed by atoms with Crippen molar-refractivity contribution in [3.05, 3.63) is 54.1 Å². The third kappa shape index (κ3) is 5.98. The van der Waals surface area contributed by atoms with Gasteiger partial charge in [-0.1, -0.05) is 17.3 Å². The maximum absolute atomic E-state index is 12.4. The van der Waals surface area contributed by atoms with E-state index in [4.69, 9.17) is 9.57 Å². The molecule has 6 nitrogen and oxygen atoms in total. The minimum absolute atomic E-state index is 0.244. The minimum Gasteiger partial charge on any atom is -0.493 e. The molecule has 1 heterocycles. The Labute approximate surface area is 172 Å². The summed E-state index contributed by atoms with van der Waals surface area (Å²) in [6.45, 7) is 6.36. The van der Waals surface area contributed by atoms with Crippen molar-refractivity contribution in [2.75, 3.05) is 29.9 Å². The number of nitrogens with one attached hydrogen (secondary N) is 1. The number of rotatable bonds is 8. The summed E-state index contributed by atoms with van der Waals surface area (Å²) >= 11 is 0. The number of para-hydroxylation sites is 1. The Morgan fingerprint density at radius 2 is 1.86 bits per heavy atom. The molecule has 3 rings (SSSR count). The topological polar surface area (TPSA) is 63.2 Å². The molecule has 29 heavy (non-hydrogen) atoms. The summed E-state index contributed by atoms with van der Waals surface area (Å²) in [6, 6.07) is 15.5. The Morgan fingerprint density at radius 1 is 1.14 bits per heavy atom. The van der Waals surface area contributed by atoms with Crippen LogP contribution in [0.3, 0.4) is 0 Å². The van der Waals surface area contributed by atoms with Gasteiger partial charge in [-0.15, -0.1) is 0 Å². The number of ether oxygens (including phenoxy) is 1. The summed E-state index contributed by atoms with van der Waals surface area (Å²) in [6.07, 6.45) is 4.63. The van der Waals surface area contributed by atoms with Gasteiger partial charge in [-0.3, -0.25) is 4.79 Å². The molecule has 1 atom stereocenters. The van der Waals surface area contributed by atoms with Crippen LogP contribution in [0, 0.1) is 0 Å². The Hall–Kier alpha value is -3.02. The predicted molar refractivity (Wildman–Crippen MR) is 117 cm³/mol. The summed E-state index contributed by atoms with van der Waals surface area (Å²) in [5.74, 6) is 0.485. The molecule has 2 aromatic carbocycles. The van der Waals surface area contributed by atoms with Crippen molar-refractivity contribution >= 4 is 23.5 Å². The lowest BCUT2D eigenvalue weighted by Gasteiger charge is -2.28. The number of piperidine rings is 1. The van der Waals surface area contributed by atoms with Gasteiger partial charge >= 0.3 is 0 Å². The highest BCUT2D eigenvalue weighted by molar-refractivity contribution is 5.94. The van der Waals surface area contributed by atoms with Crippen molar-refractivity contribution in [1.29, 1.82) is 0 Å². The molecule has 2 aromatic rings. The zero-order valence-electron chi connectivity index (χ0n) is 17.1. The van der Waals surface area contributed by atoms with Gasteiger partial charge in [0.15, 0.2) is 0 Å². The molecule has 0 spiro atoms. The fourth-order valence-electron chi connectivity index (χ4n) is 3.25. The lowest BCUT2D eigenvalue weighted by molar-refractivity contribution is -0.126. The molecule has 1 unspecified atom stereocenters. The quantitative estimate of drug-likeness (QED) is 0.530. The average molecular weight is 396 g/mol. The molecule has 1 aliphatic rings. The maximum atomic E-state index is 12.4. The van der Waals surface area contributed by atoms with Crippen LogP contribution in [0.5, 0.6) is 5.75 Å². The van der Waals surface area contributed by atoms with E-state index >= 15 is 0 Å².